The van der Waals surface area contributed by atoms with Gasteiger partial charge in [-0.25, -0.2) is 9.97 Å². The van der Waals surface area contributed by atoms with Gasteiger partial charge < -0.3 is 10.2 Å². The van der Waals surface area contributed by atoms with E-state index in [0.29, 0.717) is 11.7 Å². The van der Waals surface area contributed by atoms with Gasteiger partial charge in [0.05, 0.1) is 5.69 Å². The molecule has 190 valence electrons. The first kappa shape index (κ1) is 24.9. The maximum atomic E-state index is 13.1. The van der Waals surface area contributed by atoms with E-state index in [4.69, 9.17) is 16.6 Å². The zero-order valence-corrected chi connectivity index (χ0v) is 22.0. The Morgan fingerprint density at radius 2 is 1.86 bits per heavy atom. The Balaban J connectivity index is 1.27. The number of carbonyl (C=O) groups is 1. The van der Waals surface area contributed by atoms with E-state index in [1.807, 2.05) is 30.5 Å². The molecule has 0 saturated carbocycles. The number of aromatic nitrogens is 3. The first-order valence-corrected chi connectivity index (χ1v) is 13.4. The van der Waals surface area contributed by atoms with Crippen LogP contribution in [-0.4, -0.2) is 64.0 Å². The van der Waals surface area contributed by atoms with Crippen LogP contribution in [0.4, 0.5) is 5.82 Å². The molecule has 1 N–H and O–H groups in total. The van der Waals surface area contributed by atoms with Crippen molar-refractivity contribution < 1.29 is 4.79 Å². The van der Waals surface area contributed by atoms with E-state index >= 15 is 0 Å². The maximum Gasteiger partial charge on any atom is 0.223 e. The van der Waals surface area contributed by atoms with Crippen LogP contribution < -0.4 is 10.2 Å². The van der Waals surface area contributed by atoms with Crippen molar-refractivity contribution in [2.75, 3.05) is 37.6 Å². The van der Waals surface area contributed by atoms with Gasteiger partial charge in [-0.15, -0.1) is 0 Å². The number of hydrogen-bond acceptors (Lipinski definition) is 6. The molecule has 0 atom stereocenters. The summed E-state index contributed by atoms with van der Waals surface area (Å²) in [6.45, 7) is 9.02. The summed E-state index contributed by atoms with van der Waals surface area (Å²) < 4.78 is 0. The summed E-state index contributed by atoms with van der Waals surface area (Å²) in [5.74, 6) is 1.15. The van der Waals surface area contributed by atoms with Crippen LogP contribution in [0, 0.1) is 5.92 Å². The van der Waals surface area contributed by atoms with Crippen molar-refractivity contribution in [1.82, 2.24) is 25.2 Å². The fraction of sp³-hybridized carbons (Fsp3) is 0.500. The molecule has 2 aliphatic rings. The summed E-state index contributed by atoms with van der Waals surface area (Å²) in [6.07, 6.45) is 10.8. The second kappa shape index (κ2) is 10.7. The number of amides is 1. The highest BCUT2D eigenvalue weighted by Crippen LogP contribution is 2.32. The Labute approximate surface area is 218 Å². The number of hydrogen-bond donors (Lipinski definition) is 1. The molecule has 0 aliphatic carbocycles. The van der Waals surface area contributed by atoms with E-state index in [-0.39, 0.29) is 17.4 Å². The minimum Gasteiger partial charge on any atom is -0.356 e. The monoisotopic (exact) mass is 506 g/mol. The summed E-state index contributed by atoms with van der Waals surface area (Å²) in [4.78, 5) is 31.3. The van der Waals surface area contributed by atoms with Gasteiger partial charge in [0.15, 0.2) is 0 Å². The third-order valence-corrected chi connectivity index (χ3v) is 7.91. The largest absolute Gasteiger partial charge is 0.356 e. The lowest BCUT2D eigenvalue weighted by atomic mass is 9.94. The smallest absolute Gasteiger partial charge is 0.223 e. The first-order chi connectivity index (χ1) is 17.4. The minimum atomic E-state index is -0.00997. The second-order valence-corrected chi connectivity index (χ2v) is 11.0. The van der Waals surface area contributed by atoms with Crippen molar-refractivity contribution in [3.63, 3.8) is 0 Å². The number of pyridine rings is 3. The van der Waals surface area contributed by atoms with Crippen LogP contribution in [0.2, 0.25) is 5.15 Å². The Kier molecular flexibility index (Phi) is 7.39. The lowest BCUT2D eigenvalue weighted by molar-refractivity contribution is -0.126. The molecule has 2 saturated heterocycles. The predicted octanol–water partition coefficient (Wildman–Crippen LogP) is 4.94. The second-order valence-electron chi connectivity index (χ2n) is 10.6. The molecular weight excluding hydrogens is 472 g/mol. The Hall–Kier alpha value is -2.77. The zero-order chi connectivity index (χ0) is 25.1. The van der Waals surface area contributed by atoms with Gasteiger partial charge in [-0.3, -0.25) is 14.7 Å². The van der Waals surface area contributed by atoms with E-state index in [2.05, 4.69) is 38.9 Å². The van der Waals surface area contributed by atoms with Gasteiger partial charge in [-0.1, -0.05) is 18.0 Å². The molecule has 3 aromatic rings. The lowest BCUT2D eigenvalue weighted by Crippen LogP contribution is -2.54. The third kappa shape index (κ3) is 5.47. The highest BCUT2D eigenvalue weighted by Gasteiger charge is 2.31. The predicted molar refractivity (Wildman–Crippen MR) is 145 cm³/mol. The van der Waals surface area contributed by atoms with Crippen LogP contribution in [0.1, 0.15) is 46.0 Å². The van der Waals surface area contributed by atoms with E-state index in [1.165, 1.54) is 19.3 Å². The molecule has 2 fully saturated rings. The average Bonchev–Trinajstić information content (AvgIpc) is 2.92. The Morgan fingerprint density at radius 1 is 1.08 bits per heavy atom. The molecule has 5 rings (SSSR count). The average molecular weight is 507 g/mol. The van der Waals surface area contributed by atoms with Gasteiger partial charge in [0.1, 0.15) is 11.0 Å². The number of rotatable bonds is 6. The number of nitrogens with one attached hydrogen (secondary N) is 1. The highest BCUT2D eigenvalue weighted by molar-refractivity contribution is 6.29. The molecule has 0 unspecified atom stereocenters. The number of nitrogens with zero attached hydrogens (tertiary/aromatic N) is 5. The molecule has 7 nitrogen and oxygen atoms in total. The Morgan fingerprint density at radius 3 is 2.61 bits per heavy atom. The van der Waals surface area contributed by atoms with E-state index in [9.17, 15) is 4.79 Å². The van der Waals surface area contributed by atoms with Crippen molar-refractivity contribution in [3.8, 4) is 11.3 Å². The molecule has 36 heavy (non-hydrogen) atoms. The maximum absolute atomic E-state index is 13.1. The molecule has 0 bridgehead atoms. The standard InChI is InChI=1S/C28H35ClN6O/c1-28(2,35-12-4-3-5-13-35)19-32-27(36)20-8-14-34(15-9-20)26-23-7-10-30-18-22(23)16-24(33-26)21-6-11-31-25(29)17-21/h6-7,10-11,16-18,20H,3-5,8-9,12-15,19H2,1-2H3,(H,32,36). The number of piperidine rings is 2. The van der Waals surface area contributed by atoms with Crippen molar-refractivity contribution in [3.05, 3.63) is 48.0 Å². The topological polar surface area (TPSA) is 74.2 Å². The van der Waals surface area contributed by atoms with Gasteiger partial charge in [-0.05, 0) is 76.9 Å². The fourth-order valence-electron chi connectivity index (χ4n) is 5.44. The van der Waals surface area contributed by atoms with E-state index in [0.717, 1.165) is 66.9 Å². The van der Waals surface area contributed by atoms with E-state index < -0.39 is 0 Å². The molecule has 2 aliphatic heterocycles. The van der Waals surface area contributed by atoms with Gasteiger partial charge in [0, 0.05) is 66.0 Å². The van der Waals surface area contributed by atoms with Gasteiger partial charge >= 0.3 is 0 Å². The van der Waals surface area contributed by atoms with Crippen molar-refractivity contribution in [1.29, 1.82) is 0 Å². The summed E-state index contributed by atoms with van der Waals surface area (Å²) in [5, 5.41) is 5.81. The quantitative estimate of drug-likeness (QED) is 0.477. The molecular formula is C28H35ClN6O. The highest BCUT2D eigenvalue weighted by atomic mass is 35.5. The van der Waals surface area contributed by atoms with Crippen LogP contribution in [0.5, 0.6) is 0 Å². The minimum absolute atomic E-state index is 0.00997. The van der Waals surface area contributed by atoms with Gasteiger partial charge in [0.25, 0.3) is 0 Å². The molecule has 0 radical (unpaired) electrons. The summed E-state index contributed by atoms with van der Waals surface area (Å²) in [6, 6.07) is 7.81. The zero-order valence-electron chi connectivity index (χ0n) is 21.2. The van der Waals surface area contributed by atoms with Crippen LogP contribution >= 0.6 is 11.6 Å². The molecule has 0 aromatic carbocycles. The van der Waals surface area contributed by atoms with Crippen molar-refractivity contribution in [2.45, 2.75) is 51.5 Å². The molecule has 3 aromatic heterocycles. The number of fused-ring (bicyclic) bond motifs is 1. The van der Waals surface area contributed by atoms with Crippen molar-refractivity contribution in [2.24, 2.45) is 5.92 Å². The summed E-state index contributed by atoms with van der Waals surface area (Å²) in [5.41, 5.74) is 1.76. The van der Waals surface area contributed by atoms with Crippen LogP contribution in [0.15, 0.2) is 42.9 Å². The summed E-state index contributed by atoms with van der Waals surface area (Å²) in [7, 11) is 0. The number of carbonyl (C=O) groups excluding carboxylic acids is 1. The molecule has 0 spiro atoms. The first-order valence-electron chi connectivity index (χ1n) is 13.1. The SMILES string of the molecule is CC(C)(CNC(=O)C1CCN(c2nc(-c3ccnc(Cl)c3)cc3cnccc23)CC1)N1CCCCC1. The fourth-order valence-corrected chi connectivity index (χ4v) is 5.62. The molecule has 8 heteroatoms. The molecule has 5 heterocycles. The van der Waals surface area contributed by atoms with Gasteiger partial charge in [-0.2, -0.15) is 0 Å². The molecule has 1 amide bonds. The Bertz CT molecular complexity index is 1220. The number of anilines is 1. The summed E-state index contributed by atoms with van der Waals surface area (Å²) >= 11 is 6.14. The van der Waals surface area contributed by atoms with E-state index in [1.54, 1.807) is 12.4 Å². The normalized spacial score (nSPS) is 17.9. The van der Waals surface area contributed by atoms with Gasteiger partial charge in [0.2, 0.25) is 5.91 Å². The lowest BCUT2D eigenvalue weighted by Gasteiger charge is -2.41. The van der Waals surface area contributed by atoms with Crippen LogP contribution in [0.3, 0.4) is 0 Å². The third-order valence-electron chi connectivity index (χ3n) is 7.71. The van der Waals surface area contributed by atoms with Crippen LogP contribution in [0.25, 0.3) is 22.0 Å². The number of likely N-dealkylation sites (tertiary alicyclic amines) is 1. The van der Waals surface area contributed by atoms with Crippen LogP contribution in [-0.2, 0) is 4.79 Å². The number of halogens is 1. The van der Waals surface area contributed by atoms with Crippen molar-refractivity contribution >= 4 is 34.1 Å².